The van der Waals surface area contributed by atoms with E-state index < -0.39 is 12.5 Å². The minimum atomic E-state index is -2.63. The second-order valence-electron chi connectivity index (χ2n) is 7.63. The Morgan fingerprint density at radius 1 is 1.38 bits per heavy atom. The van der Waals surface area contributed by atoms with Crippen LogP contribution in [0.5, 0.6) is 5.75 Å². The molecular weight excluding hydrogens is 397 g/mol. The number of aryl methyl sites for hydroxylation is 1. The van der Waals surface area contributed by atoms with Crippen LogP contribution in [0.2, 0.25) is 6.32 Å². The van der Waals surface area contributed by atoms with E-state index in [1.54, 1.807) is 22.4 Å². The molecule has 3 heterocycles. The summed E-state index contributed by atoms with van der Waals surface area (Å²) in [6.07, 6.45) is 0.250. The summed E-state index contributed by atoms with van der Waals surface area (Å²) in [5.74, 6) is -1.39. The summed E-state index contributed by atoms with van der Waals surface area (Å²) < 4.78 is 5.81. The Bertz CT molecular complexity index is 973. The van der Waals surface area contributed by atoms with Gasteiger partial charge in [-0.15, -0.1) is 24.0 Å². The Labute approximate surface area is 170 Å². The highest BCUT2D eigenvalue weighted by Gasteiger charge is 2.34. The Hall–Kier alpha value is -2.63. The SMILES string of the molecule is Nc1nc(CC(=O)N2CC(Oc3ccc4c(c3C(=O)[O-])C[B-](O)(O)CC4)C2)cs1. The van der Waals surface area contributed by atoms with Crippen molar-refractivity contribution in [1.29, 1.82) is 0 Å². The predicted octanol–water partition coefficient (Wildman–Crippen LogP) is -1.01. The highest BCUT2D eigenvalue weighted by Crippen LogP contribution is 2.34. The van der Waals surface area contributed by atoms with Gasteiger partial charge in [0.05, 0.1) is 31.2 Å². The van der Waals surface area contributed by atoms with Crippen molar-refractivity contribution in [3.63, 3.8) is 0 Å². The summed E-state index contributed by atoms with van der Waals surface area (Å²) >= 11 is 1.28. The van der Waals surface area contributed by atoms with E-state index in [9.17, 15) is 24.7 Å². The number of carbonyl (C=O) groups excluding carboxylic acids is 2. The lowest BCUT2D eigenvalue weighted by Crippen LogP contribution is -2.56. The van der Waals surface area contributed by atoms with Crippen molar-refractivity contribution in [3.8, 4) is 5.75 Å². The fraction of sp³-hybridized carbons (Fsp3) is 0.389. The highest BCUT2D eigenvalue weighted by atomic mass is 32.1. The Morgan fingerprint density at radius 3 is 2.79 bits per heavy atom. The molecule has 4 rings (SSSR count). The van der Waals surface area contributed by atoms with Crippen LogP contribution in [-0.2, 0) is 24.0 Å². The normalized spacial score (nSPS) is 18.1. The number of carbonyl (C=O) groups is 2. The molecule has 1 fully saturated rings. The topological polar surface area (TPSA) is 149 Å². The zero-order chi connectivity index (χ0) is 20.8. The minimum Gasteiger partial charge on any atom is -0.583 e. The van der Waals surface area contributed by atoms with Crippen LogP contribution < -0.4 is 15.6 Å². The monoisotopic (exact) mass is 417 g/mol. The smallest absolute Gasteiger partial charge is 0.240 e. The summed E-state index contributed by atoms with van der Waals surface area (Å²) in [4.78, 5) is 29.7. The van der Waals surface area contributed by atoms with Crippen LogP contribution in [0.3, 0.4) is 0 Å². The van der Waals surface area contributed by atoms with Crippen LogP contribution in [0.4, 0.5) is 5.13 Å². The molecule has 9 nitrogen and oxygen atoms in total. The molecule has 154 valence electrons. The number of amides is 1. The molecule has 4 N–H and O–H groups in total. The minimum absolute atomic E-state index is 0.103. The van der Waals surface area contributed by atoms with Crippen LogP contribution in [-0.4, -0.2) is 57.6 Å². The third kappa shape index (κ3) is 4.07. The molecule has 2 aliphatic heterocycles. The first-order valence-corrected chi connectivity index (χ1v) is 10.2. The van der Waals surface area contributed by atoms with Crippen molar-refractivity contribution >= 4 is 34.9 Å². The van der Waals surface area contributed by atoms with Crippen molar-refractivity contribution in [1.82, 2.24) is 9.88 Å². The van der Waals surface area contributed by atoms with E-state index in [1.165, 1.54) is 11.3 Å². The zero-order valence-electron chi connectivity index (χ0n) is 15.5. The average Bonchev–Trinajstić information content (AvgIpc) is 3.00. The van der Waals surface area contributed by atoms with Crippen LogP contribution in [0.25, 0.3) is 0 Å². The average molecular weight is 417 g/mol. The number of hydrogen-bond acceptors (Lipinski definition) is 9. The Balaban J connectivity index is 1.43. The van der Waals surface area contributed by atoms with Gasteiger partial charge in [-0.3, -0.25) is 4.79 Å². The number of aromatic carboxylic acids is 1. The number of nitrogens with two attached hydrogens (primary N) is 1. The molecule has 0 saturated carbocycles. The molecule has 0 spiro atoms. The van der Waals surface area contributed by atoms with Gasteiger partial charge < -0.3 is 35.3 Å². The number of ether oxygens (including phenoxy) is 1. The quantitative estimate of drug-likeness (QED) is 0.524. The number of hydrogen-bond donors (Lipinski definition) is 3. The number of benzene rings is 1. The van der Waals surface area contributed by atoms with Crippen LogP contribution >= 0.6 is 11.3 Å². The zero-order valence-corrected chi connectivity index (χ0v) is 16.4. The van der Waals surface area contributed by atoms with E-state index in [1.807, 2.05) is 0 Å². The molecular formula is C18H20BN3O6S-2. The van der Waals surface area contributed by atoms with Crippen LogP contribution in [0.15, 0.2) is 17.5 Å². The van der Waals surface area contributed by atoms with E-state index in [-0.39, 0.29) is 42.4 Å². The molecule has 0 unspecified atom stereocenters. The summed E-state index contributed by atoms with van der Waals surface area (Å²) in [6, 6.07) is 3.32. The molecule has 0 aliphatic carbocycles. The summed E-state index contributed by atoms with van der Waals surface area (Å²) in [7, 11) is 0. The molecule has 2 aliphatic rings. The van der Waals surface area contributed by atoms with Gasteiger partial charge in [0.2, 0.25) is 12.5 Å². The summed E-state index contributed by atoms with van der Waals surface area (Å²) in [5, 5.41) is 33.9. The predicted molar refractivity (Wildman–Crippen MR) is 104 cm³/mol. The molecule has 0 radical (unpaired) electrons. The highest BCUT2D eigenvalue weighted by molar-refractivity contribution is 7.13. The van der Waals surface area contributed by atoms with Gasteiger partial charge in [0, 0.05) is 10.9 Å². The number of anilines is 1. The van der Waals surface area contributed by atoms with Gasteiger partial charge in [-0.25, -0.2) is 4.98 Å². The maximum atomic E-state index is 12.3. The Kier molecular flexibility index (Phi) is 4.97. The van der Waals surface area contributed by atoms with E-state index in [4.69, 9.17) is 10.5 Å². The van der Waals surface area contributed by atoms with Gasteiger partial charge in [0.15, 0.2) is 5.13 Å². The molecule has 1 saturated heterocycles. The summed E-state index contributed by atoms with van der Waals surface area (Å²) in [6.45, 7) is -1.97. The first kappa shape index (κ1) is 19.7. The van der Waals surface area contributed by atoms with Crippen molar-refractivity contribution in [2.24, 2.45) is 0 Å². The van der Waals surface area contributed by atoms with Gasteiger partial charge in [0.1, 0.15) is 11.9 Å². The number of fused-ring (bicyclic) bond motifs is 1. The first-order valence-electron chi connectivity index (χ1n) is 9.35. The standard InChI is InChI=1S/C18H21BN3O6S/c20-18-21-11(9-29-18)5-15(23)22-7-12(8-22)28-14-2-1-10-3-4-19(26,27)6-13(10)16(14)17(24)25/h1-2,9,12,26-27H,3-8H2,(H2,20,21)(H,24,25)/q-1/p-1. The van der Waals surface area contributed by atoms with E-state index in [2.05, 4.69) is 4.98 Å². The number of likely N-dealkylation sites (tertiary alicyclic amines) is 1. The van der Waals surface area contributed by atoms with Crippen LogP contribution in [0, 0.1) is 0 Å². The van der Waals surface area contributed by atoms with Crippen molar-refractivity contribution in [2.75, 3.05) is 18.8 Å². The van der Waals surface area contributed by atoms with E-state index >= 15 is 0 Å². The lowest BCUT2D eigenvalue weighted by Gasteiger charge is -2.40. The van der Waals surface area contributed by atoms with Crippen LogP contribution in [0.1, 0.15) is 27.2 Å². The summed E-state index contributed by atoms with van der Waals surface area (Å²) in [5.41, 5.74) is 7.16. The molecule has 0 atom stereocenters. The fourth-order valence-electron chi connectivity index (χ4n) is 3.84. The van der Waals surface area contributed by atoms with Crippen molar-refractivity contribution in [2.45, 2.75) is 31.6 Å². The molecule has 1 amide bonds. The van der Waals surface area contributed by atoms with Crippen molar-refractivity contribution in [3.05, 3.63) is 39.9 Å². The van der Waals surface area contributed by atoms with Gasteiger partial charge >= 0.3 is 0 Å². The van der Waals surface area contributed by atoms with E-state index in [0.717, 1.165) is 5.56 Å². The molecule has 29 heavy (non-hydrogen) atoms. The molecule has 2 aromatic rings. The molecule has 0 bridgehead atoms. The second-order valence-corrected chi connectivity index (χ2v) is 8.52. The maximum Gasteiger partial charge on any atom is 0.240 e. The van der Waals surface area contributed by atoms with E-state index in [0.29, 0.717) is 35.9 Å². The lowest BCUT2D eigenvalue weighted by molar-refractivity contribution is -0.255. The molecule has 1 aromatic carbocycles. The van der Waals surface area contributed by atoms with Crippen molar-refractivity contribution < 1.29 is 29.5 Å². The maximum absolute atomic E-state index is 12.3. The number of aromatic nitrogens is 1. The lowest BCUT2D eigenvalue weighted by atomic mass is 9.47. The fourth-order valence-corrected chi connectivity index (χ4v) is 4.40. The number of carboxylic acids is 1. The second kappa shape index (κ2) is 7.32. The third-order valence-corrected chi connectivity index (χ3v) is 6.10. The van der Waals surface area contributed by atoms with Gasteiger partial charge in [0.25, 0.3) is 0 Å². The largest absolute Gasteiger partial charge is 0.583 e. The molecule has 11 heteroatoms. The third-order valence-electron chi connectivity index (χ3n) is 5.38. The number of rotatable bonds is 5. The number of nitrogens with zero attached hydrogens (tertiary/aromatic N) is 2. The van der Waals surface area contributed by atoms with Gasteiger partial charge in [-0.2, -0.15) is 0 Å². The number of carboxylic acid groups (broad SMARTS) is 1. The number of nitrogen functional groups attached to an aromatic ring is 1. The van der Waals surface area contributed by atoms with Gasteiger partial charge in [-0.05, 0) is 11.6 Å². The Morgan fingerprint density at radius 2 is 2.14 bits per heavy atom. The van der Waals surface area contributed by atoms with Gasteiger partial charge in [-0.1, -0.05) is 18.1 Å². The first-order chi connectivity index (χ1) is 13.7. The molecule has 1 aromatic heterocycles. The number of thiazole rings is 1.